The van der Waals surface area contributed by atoms with Crippen molar-refractivity contribution >= 4 is 0 Å². The summed E-state index contributed by atoms with van der Waals surface area (Å²) in [5, 5.41) is 10.7. The average Bonchev–Trinajstić information content (AvgIpc) is 2.34. The molecule has 0 heterocycles. The summed E-state index contributed by atoms with van der Waals surface area (Å²) in [6.45, 7) is 18.4. The summed E-state index contributed by atoms with van der Waals surface area (Å²) in [6, 6.07) is 0. The van der Waals surface area contributed by atoms with E-state index in [0.29, 0.717) is 0 Å². The van der Waals surface area contributed by atoms with Crippen molar-refractivity contribution in [3.05, 3.63) is 0 Å². The number of nitrogens with one attached hydrogen (secondary N) is 3. The highest BCUT2D eigenvalue weighted by molar-refractivity contribution is 4.92. The van der Waals surface area contributed by atoms with Crippen molar-refractivity contribution in [1.82, 2.24) is 16.0 Å². The van der Waals surface area contributed by atoms with E-state index in [1.165, 1.54) is 25.7 Å². The topological polar surface area (TPSA) is 36.1 Å². The third-order valence-corrected chi connectivity index (χ3v) is 4.78. The van der Waals surface area contributed by atoms with E-state index in [9.17, 15) is 0 Å². The van der Waals surface area contributed by atoms with Gasteiger partial charge in [-0.3, -0.25) is 0 Å². The first-order valence-corrected chi connectivity index (χ1v) is 8.41. The van der Waals surface area contributed by atoms with E-state index >= 15 is 0 Å². The van der Waals surface area contributed by atoms with Crippen LogP contribution in [0.5, 0.6) is 0 Å². The molecule has 0 atom stereocenters. The maximum absolute atomic E-state index is 3.87. The Bertz CT molecular complexity index is 274. The van der Waals surface area contributed by atoms with Crippen molar-refractivity contribution in [2.45, 2.75) is 103 Å². The Kier molecular flexibility index (Phi) is 7.39. The van der Waals surface area contributed by atoms with E-state index < -0.39 is 0 Å². The molecule has 0 fully saturated rings. The maximum atomic E-state index is 3.87. The van der Waals surface area contributed by atoms with Gasteiger partial charge >= 0.3 is 0 Å². The summed E-state index contributed by atoms with van der Waals surface area (Å²) >= 11 is 0. The van der Waals surface area contributed by atoms with E-state index in [4.69, 9.17) is 0 Å². The van der Waals surface area contributed by atoms with Crippen LogP contribution in [-0.2, 0) is 0 Å². The van der Waals surface area contributed by atoms with Gasteiger partial charge in [0.1, 0.15) is 0 Å². The number of hydrogen-bond acceptors (Lipinski definition) is 3. The lowest BCUT2D eigenvalue weighted by molar-refractivity contribution is 0.203. The van der Waals surface area contributed by atoms with E-state index in [0.717, 1.165) is 0 Å². The normalized spacial score (nSPS) is 14.6. The summed E-state index contributed by atoms with van der Waals surface area (Å²) in [4.78, 5) is 0. The fraction of sp³-hybridized carbons (Fsp3) is 1.00. The molecule has 0 aliphatic carbocycles. The average molecular weight is 300 g/mol. The Labute approximate surface area is 134 Å². The number of rotatable bonds is 10. The smallest absolute Gasteiger partial charge is 0.0130 e. The minimum atomic E-state index is 0.154. The minimum Gasteiger partial charge on any atom is -0.315 e. The Morgan fingerprint density at radius 2 is 0.714 bits per heavy atom. The molecule has 0 bridgehead atoms. The van der Waals surface area contributed by atoms with E-state index in [1.54, 1.807) is 0 Å². The van der Waals surface area contributed by atoms with E-state index in [1.807, 2.05) is 14.1 Å². The van der Waals surface area contributed by atoms with Gasteiger partial charge in [0.15, 0.2) is 0 Å². The van der Waals surface area contributed by atoms with Gasteiger partial charge in [0.25, 0.3) is 0 Å². The molecular formula is C18H41N3. The van der Waals surface area contributed by atoms with Gasteiger partial charge in [-0.1, -0.05) is 0 Å². The van der Waals surface area contributed by atoms with Crippen LogP contribution in [0.25, 0.3) is 0 Å². The lowest BCUT2D eigenvalue weighted by Crippen LogP contribution is -2.54. The first-order valence-electron chi connectivity index (χ1n) is 8.41. The molecule has 0 aromatic rings. The summed E-state index contributed by atoms with van der Waals surface area (Å²) in [6.07, 6.45) is 4.67. The first-order chi connectivity index (χ1) is 9.24. The standard InChI is InChI=1S/C18H41N3/c1-15(2,19-9)11-13-17(5,6)21-18(7,8)14-12-16(3,4)20-10/h19-21H,11-14H2,1-10H3. The summed E-state index contributed by atoms with van der Waals surface area (Å²) < 4.78 is 0. The Hall–Kier alpha value is -0.120. The van der Waals surface area contributed by atoms with Gasteiger partial charge in [-0.05, 0) is 95.2 Å². The van der Waals surface area contributed by atoms with Gasteiger partial charge in [-0.25, -0.2) is 0 Å². The van der Waals surface area contributed by atoms with Gasteiger partial charge in [0.2, 0.25) is 0 Å². The molecule has 0 aliphatic heterocycles. The van der Waals surface area contributed by atoms with Gasteiger partial charge in [0.05, 0.1) is 0 Å². The summed E-state index contributed by atoms with van der Waals surface area (Å²) in [5.41, 5.74) is 0.719. The van der Waals surface area contributed by atoms with Gasteiger partial charge in [-0.2, -0.15) is 0 Å². The largest absolute Gasteiger partial charge is 0.315 e. The lowest BCUT2D eigenvalue weighted by atomic mass is 9.84. The van der Waals surface area contributed by atoms with Crippen molar-refractivity contribution in [3.8, 4) is 0 Å². The molecule has 0 aliphatic rings. The molecule has 128 valence electrons. The highest BCUT2D eigenvalue weighted by Gasteiger charge is 2.30. The highest BCUT2D eigenvalue weighted by Crippen LogP contribution is 2.25. The zero-order chi connectivity index (χ0) is 16.9. The Balaban J connectivity index is 4.47. The fourth-order valence-electron chi connectivity index (χ4n) is 2.54. The molecule has 0 aromatic heterocycles. The monoisotopic (exact) mass is 299 g/mol. The van der Waals surface area contributed by atoms with Gasteiger partial charge < -0.3 is 16.0 Å². The zero-order valence-corrected chi connectivity index (χ0v) is 16.3. The van der Waals surface area contributed by atoms with Crippen LogP contribution in [0.2, 0.25) is 0 Å². The van der Waals surface area contributed by atoms with Crippen molar-refractivity contribution in [3.63, 3.8) is 0 Å². The van der Waals surface area contributed by atoms with Gasteiger partial charge in [-0.15, -0.1) is 0 Å². The molecule has 0 rings (SSSR count). The van der Waals surface area contributed by atoms with Gasteiger partial charge in [0, 0.05) is 22.2 Å². The fourth-order valence-corrected chi connectivity index (χ4v) is 2.54. The number of hydrogen-bond donors (Lipinski definition) is 3. The predicted octanol–water partition coefficient (Wildman–Crippen LogP) is 3.69. The molecular weight excluding hydrogens is 258 g/mol. The first kappa shape index (κ1) is 20.9. The zero-order valence-electron chi connectivity index (χ0n) is 16.3. The predicted molar refractivity (Wildman–Crippen MR) is 96.0 cm³/mol. The van der Waals surface area contributed by atoms with Crippen LogP contribution < -0.4 is 16.0 Å². The third kappa shape index (κ3) is 9.49. The molecule has 0 amide bonds. The minimum absolute atomic E-state index is 0.154. The summed E-state index contributed by atoms with van der Waals surface area (Å²) in [7, 11) is 4.09. The highest BCUT2D eigenvalue weighted by atomic mass is 15.0. The van der Waals surface area contributed by atoms with Crippen LogP contribution in [0.4, 0.5) is 0 Å². The third-order valence-electron chi connectivity index (χ3n) is 4.78. The van der Waals surface area contributed by atoms with Crippen molar-refractivity contribution in [1.29, 1.82) is 0 Å². The lowest BCUT2D eigenvalue weighted by Gasteiger charge is -2.40. The van der Waals surface area contributed by atoms with Crippen LogP contribution in [0.1, 0.15) is 81.1 Å². The molecule has 0 saturated heterocycles. The maximum Gasteiger partial charge on any atom is 0.0130 e. The van der Waals surface area contributed by atoms with Crippen LogP contribution in [-0.4, -0.2) is 36.3 Å². The van der Waals surface area contributed by atoms with Crippen molar-refractivity contribution < 1.29 is 0 Å². The van der Waals surface area contributed by atoms with E-state index in [2.05, 4.69) is 71.3 Å². The van der Waals surface area contributed by atoms with Crippen molar-refractivity contribution in [2.75, 3.05) is 14.1 Å². The second-order valence-electron chi connectivity index (χ2n) is 9.16. The molecule has 3 nitrogen and oxygen atoms in total. The van der Waals surface area contributed by atoms with Crippen LogP contribution in [0.3, 0.4) is 0 Å². The molecule has 0 unspecified atom stereocenters. The van der Waals surface area contributed by atoms with E-state index in [-0.39, 0.29) is 22.2 Å². The second-order valence-corrected chi connectivity index (χ2v) is 9.16. The molecule has 3 heteroatoms. The molecule has 0 spiro atoms. The molecule has 0 radical (unpaired) electrons. The molecule has 0 aromatic carbocycles. The summed E-state index contributed by atoms with van der Waals surface area (Å²) in [5.74, 6) is 0. The van der Waals surface area contributed by atoms with Crippen LogP contribution in [0.15, 0.2) is 0 Å². The molecule has 3 N–H and O–H groups in total. The Morgan fingerprint density at radius 3 is 0.952 bits per heavy atom. The Morgan fingerprint density at radius 1 is 0.476 bits per heavy atom. The van der Waals surface area contributed by atoms with Crippen LogP contribution >= 0.6 is 0 Å². The SMILES string of the molecule is CNC(C)(C)CCC(C)(C)NC(C)(C)CCC(C)(C)NC. The van der Waals surface area contributed by atoms with Crippen LogP contribution in [0, 0.1) is 0 Å². The molecule has 0 saturated carbocycles. The quantitative estimate of drug-likeness (QED) is 0.576. The second kappa shape index (κ2) is 7.43. The van der Waals surface area contributed by atoms with Crippen molar-refractivity contribution in [2.24, 2.45) is 0 Å². The molecule has 21 heavy (non-hydrogen) atoms.